The van der Waals surface area contributed by atoms with Crippen LogP contribution in [0.2, 0.25) is 0 Å². The topological polar surface area (TPSA) is 56.8 Å². The Morgan fingerprint density at radius 2 is 1.47 bits per heavy atom. The summed E-state index contributed by atoms with van der Waals surface area (Å²) < 4.78 is 136. The van der Waals surface area contributed by atoms with E-state index in [2.05, 4.69) is 14.8 Å². The third kappa shape index (κ3) is 8.89. The lowest BCUT2D eigenvalue weighted by atomic mass is 9.77. The fourth-order valence-corrected chi connectivity index (χ4v) is 4.74. The molecule has 1 N–H and O–H groups in total. The highest BCUT2D eigenvalue weighted by molar-refractivity contribution is 5.95. The molecule has 0 aromatic heterocycles. The van der Waals surface area contributed by atoms with Crippen molar-refractivity contribution in [3.8, 4) is 17.2 Å². The van der Waals surface area contributed by atoms with Crippen molar-refractivity contribution in [1.82, 2.24) is 5.32 Å². The summed E-state index contributed by atoms with van der Waals surface area (Å²) in [5, 5.41) is 2.65. The molecule has 0 saturated carbocycles. The molecule has 0 fully saturated rings. The van der Waals surface area contributed by atoms with Crippen LogP contribution in [0.1, 0.15) is 40.9 Å². The first-order valence-electron chi connectivity index (χ1n) is 13.8. The molecule has 4 rings (SSSR count). The maximum absolute atomic E-state index is 15.1. The molecule has 0 saturated heterocycles. The zero-order valence-corrected chi connectivity index (χ0v) is 24.6. The van der Waals surface area contributed by atoms with E-state index in [-0.39, 0.29) is 28.9 Å². The zero-order valence-electron chi connectivity index (χ0n) is 24.6. The van der Waals surface area contributed by atoms with Gasteiger partial charge >= 0.3 is 18.9 Å². The van der Waals surface area contributed by atoms with Gasteiger partial charge in [-0.3, -0.25) is 4.79 Å². The van der Waals surface area contributed by atoms with Crippen molar-refractivity contribution in [1.29, 1.82) is 0 Å². The quantitative estimate of drug-likeness (QED) is 0.153. The van der Waals surface area contributed by atoms with Crippen LogP contribution >= 0.6 is 0 Å². The fraction of sp³-hybridized carbons (Fsp3) is 0.242. The molecule has 0 aliphatic carbocycles. The van der Waals surface area contributed by atoms with E-state index in [1.54, 1.807) is 44.2 Å². The SMILES string of the molecule is CC(C)Oc1cc(C(Cc2ccccc2)(NC(=O)c2cccc(OC(F)(F)F)c2)c2cc(F)cc(OC(F)(F)C(F)F)c2)ccc1F. The Morgan fingerprint density at radius 3 is 2.11 bits per heavy atom. The van der Waals surface area contributed by atoms with Gasteiger partial charge in [0.25, 0.3) is 5.91 Å². The molecule has 4 aromatic carbocycles. The van der Waals surface area contributed by atoms with Gasteiger partial charge in [-0.15, -0.1) is 13.2 Å². The lowest BCUT2D eigenvalue weighted by Gasteiger charge is -2.37. The van der Waals surface area contributed by atoms with Crippen LogP contribution in [0.3, 0.4) is 0 Å². The second-order valence-electron chi connectivity index (χ2n) is 10.5. The summed E-state index contributed by atoms with van der Waals surface area (Å²) in [5.74, 6) is -5.24. The summed E-state index contributed by atoms with van der Waals surface area (Å²) in [6.07, 6.45) is -15.3. The summed E-state index contributed by atoms with van der Waals surface area (Å²) in [5.41, 5.74) is -2.32. The van der Waals surface area contributed by atoms with Crippen LogP contribution in [-0.2, 0) is 12.0 Å². The van der Waals surface area contributed by atoms with Crippen LogP contribution in [0.5, 0.6) is 17.2 Å². The lowest BCUT2D eigenvalue weighted by Crippen LogP contribution is -2.49. The number of hydrogen-bond acceptors (Lipinski definition) is 4. The van der Waals surface area contributed by atoms with E-state index >= 15 is 4.39 Å². The summed E-state index contributed by atoms with van der Waals surface area (Å²) >= 11 is 0. The number of ether oxygens (including phenoxy) is 3. The molecule has 0 aliphatic heterocycles. The highest BCUT2D eigenvalue weighted by atomic mass is 19.4. The van der Waals surface area contributed by atoms with Crippen LogP contribution in [0, 0.1) is 11.6 Å². The Bertz CT molecular complexity index is 1700. The first-order valence-corrected chi connectivity index (χ1v) is 13.8. The highest BCUT2D eigenvalue weighted by Crippen LogP contribution is 2.40. The smallest absolute Gasteiger partial charge is 0.488 e. The normalized spacial score (nSPS) is 13.3. The van der Waals surface area contributed by atoms with Crippen molar-refractivity contribution in [2.45, 2.75) is 50.8 Å². The van der Waals surface area contributed by atoms with Crippen LogP contribution in [0.25, 0.3) is 0 Å². The Labute approximate surface area is 262 Å². The molecule has 0 spiro atoms. The molecule has 4 aromatic rings. The van der Waals surface area contributed by atoms with E-state index in [0.29, 0.717) is 11.6 Å². The Kier molecular flexibility index (Phi) is 10.3. The number of amides is 1. The van der Waals surface area contributed by atoms with Crippen LogP contribution in [0.4, 0.5) is 39.5 Å². The molecule has 0 aliphatic rings. The van der Waals surface area contributed by atoms with Gasteiger partial charge in [-0.05, 0) is 73.0 Å². The molecule has 47 heavy (non-hydrogen) atoms. The molecule has 14 heteroatoms. The third-order valence-electron chi connectivity index (χ3n) is 6.63. The zero-order chi connectivity index (χ0) is 34.6. The van der Waals surface area contributed by atoms with Crippen molar-refractivity contribution >= 4 is 5.91 Å². The van der Waals surface area contributed by atoms with Crippen molar-refractivity contribution in [3.05, 3.63) is 125 Å². The van der Waals surface area contributed by atoms with Crippen molar-refractivity contribution in [2.75, 3.05) is 0 Å². The van der Waals surface area contributed by atoms with Crippen LogP contribution in [-0.4, -0.2) is 30.9 Å². The first-order chi connectivity index (χ1) is 22.0. The average molecular weight is 672 g/mol. The number of carbonyl (C=O) groups is 1. The highest BCUT2D eigenvalue weighted by Gasteiger charge is 2.45. The van der Waals surface area contributed by atoms with Gasteiger partial charge in [0.1, 0.15) is 17.3 Å². The molecule has 0 radical (unpaired) electrons. The molecule has 5 nitrogen and oxygen atoms in total. The van der Waals surface area contributed by atoms with Gasteiger partial charge in [0.05, 0.1) is 11.6 Å². The van der Waals surface area contributed by atoms with Crippen LogP contribution in [0.15, 0.2) is 91.0 Å². The summed E-state index contributed by atoms with van der Waals surface area (Å²) in [7, 11) is 0. The molecule has 250 valence electrons. The molecular formula is C33H26F9NO4. The molecule has 0 heterocycles. The number of alkyl halides is 7. The maximum Gasteiger partial charge on any atom is 0.573 e. The number of nitrogens with one attached hydrogen (secondary N) is 1. The molecule has 0 bridgehead atoms. The minimum absolute atomic E-state index is 0.00776. The van der Waals surface area contributed by atoms with Gasteiger partial charge in [-0.25, -0.2) is 8.78 Å². The fourth-order valence-electron chi connectivity index (χ4n) is 4.74. The van der Waals surface area contributed by atoms with Gasteiger partial charge in [0, 0.05) is 18.1 Å². The molecule has 1 atom stereocenters. The van der Waals surface area contributed by atoms with E-state index < -0.39 is 59.6 Å². The summed E-state index contributed by atoms with van der Waals surface area (Å²) in [4.78, 5) is 13.8. The minimum Gasteiger partial charge on any atom is -0.488 e. The van der Waals surface area contributed by atoms with Crippen molar-refractivity contribution in [3.63, 3.8) is 0 Å². The van der Waals surface area contributed by atoms with Gasteiger partial charge in [-0.2, -0.15) is 17.6 Å². The molecular weight excluding hydrogens is 645 g/mol. The second-order valence-corrected chi connectivity index (χ2v) is 10.5. The maximum atomic E-state index is 15.1. The average Bonchev–Trinajstić information content (AvgIpc) is 2.97. The Hall–Kier alpha value is -4.88. The number of halogens is 9. The van der Waals surface area contributed by atoms with Crippen molar-refractivity contribution < 1.29 is 58.5 Å². The molecule has 1 unspecified atom stereocenters. The second kappa shape index (κ2) is 13.9. The summed E-state index contributed by atoms with van der Waals surface area (Å²) in [6, 6.07) is 17.4. The standard InChI is InChI=1S/C33H26F9NO4/c1-19(2)45-28-16-22(11-12-27(28)35)31(18-20-7-4-3-5-8-20,23-14-24(34)17-26(15-23)46-32(38,39)30(36)37)43-29(44)21-9-6-10-25(13-21)47-33(40,41)42/h3-17,19,30H,18H2,1-2H3,(H,43,44). The molecule has 1 amide bonds. The lowest BCUT2D eigenvalue weighted by molar-refractivity contribution is -0.274. The Balaban J connectivity index is 1.98. The van der Waals surface area contributed by atoms with E-state index in [0.717, 1.165) is 42.5 Å². The van der Waals surface area contributed by atoms with E-state index in [1.807, 2.05) is 0 Å². The van der Waals surface area contributed by atoms with Crippen molar-refractivity contribution in [2.24, 2.45) is 0 Å². The monoisotopic (exact) mass is 671 g/mol. The van der Waals surface area contributed by atoms with Gasteiger partial charge < -0.3 is 19.5 Å². The Morgan fingerprint density at radius 1 is 0.766 bits per heavy atom. The first kappa shape index (κ1) is 35.0. The van der Waals surface area contributed by atoms with Gasteiger partial charge in [0.2, 0.25) is 0 Å². The summed E-state index contributed by atoms with van der Waals surface area (Å²) in [6.45, 7) is 3.20. The van der Waals surface area contributed by atoms with E-state index in [1.165, 1.54) is 12.1 Å². The largest absolute Gasteiger partial charge is 0.573 e. The number of benzene rings is 4. The van der Waals surface area contributed by atoms with E-state index in [4.69, 9.17) is 4.74 Å². The van der Waals surface area contributed by atoms with E-state index in [9.17, 15) is 39.9 Å². The number of carbonyl (C=O) groups excluding carboxylic acids is 1. The predicted octanol–water partition coefficient (Wildman–Crippen LogP) is 8.80. The van der Waals surface area contributed by atoms with Gasteiger partial charge in [0.15, 0.2) is 11.6 Å². The van der Waals surface area contributed by atoms with Gasteiger partial charge in [-0.1, -0.05) is 42.5 Å². The minimum atomic E-state index is -5.09. The third-order valence-corrected chi connectivity index (χ3v) is 6.63. The number of rotatable bonds is 12. The van der Waals surface area contributed by atoms with Crippen LogP contribution < -0.4 is 19.5 Å². The predicted molar refractivity (Wildman–Crippen MR) is 152 cm³/mol. The number of hydrogen-bond donors (Lipinski definition) is 1.